The van der Waals surface area contributed by atoms with E-state index in [0.717, 1.165) is 22.2 Å². The smallest absolute Gasteiger partial charge is 0.140 e. The van der Waals surface area contributed by atoms with Crippen LogP contribution in [-0.4, -0.2) is 12.1 Å². The van der Waals surface area contributed by atoms with Crippen LogP contribution in [-0.2, 0) is 18.1 Å². The Morgan fingerprint density at radius 2 is 2.11 bits per heavy atom. The fourth-order valence-electron chi connectivity index (χ4n) is 1.40. The van der Waals surface area contributed by atoms with Gasteiger partial charge in [-0.2, -0.15) is 0 Å². The molecule has 6 heteroatoms. The molecule has 0 radical (unpaired) electrons. The van der Waals surface area contributed by atoms with Crippen LogP contribution in [0.4, 0.5) is 0 Å². The molecule has 96 valence electrons. The van der Waals surface area contributed by atoms with E-state index in [4.69, 9.17) is 15.4 Å². The first-order chi connectivity index (χ1) is 8.81. The second kappa shape index (κ2) is 6.34. The van der Waals surface area contributed by atoms with Crippen LogP contribution in [0.1, 0.15) is 10.7 Å². The van der Waals surface area contributed by atoms with Crippen LogP contribution >= 0.6 is 11.3 Å². The average Bonchev–Trinajstić information content (AvgIpc) is 2.85. The molecule has 0 saturated heterocycles. The van der Waals surface area contributed by atoms with Crippen molar-refractivity contribution in [1.29, 1.82) is 0 Å². The fraction of sp³-hybridized carbons (Fsp3) is 0.250. The van der Waals surface area contributed by atoms with E-state index in [2.05, 4.69) is 9.82 Å². The van der Waals surface area contributed by atoms with Gasteiger partial charge in [-0.15, -0.1) is 11.3 Å². The van der Waals surface area contributed by atoms with Crippen molar-refractivity contribution in [3.8, 4) is 11.5 Å². The number of methoxy groups -OCH3 is 1. The van der Waals surface area contributed by atoms with E-state index in [1.165, 1.54) is 11.3 Å². The SMILES string of the molecule is COc1cccc(OCc2nc(CON)cs2)c1. The van der Waals surface area contributed by atoms with E-state index in [1.807, 2.05) is 29.6 Å². The van der Waals surface area contributed by atoms with E-state index in [1.54, 1.807) is 7.11 Å². The molecule has 0 atom stereocenters. The minimum absolute atomic E-state index is 0.315. The Labute approximate surface area is 109 Å². The van der Waals surface area contributed by atoms with Crippen molar-refractivity contribution in [2.24, 2.45) is 5.90 Å². The van der Waals surface area contributed by atoms with E-state index < -0.39 is 0 Å². The van der Waals surface area contributed by atoms with Gasteiger partial charge < -0.3 is 9.47 Å². The maximum Gasteiger partial charge on any atom is 0.140 e. The van der Waals surface area contributed by atoms with Gasteiger partial charge in [-0.1, -0.05) is 6.07 Å². The number of hydrogen-bond donors (Lipinski definition) is 1. The standard InChI is InChI=1S/C12H14N2O3S/c1-15-10-3-2-4-11(5-10)16-7-12-14-9(6-17-13)8-18-12/h2-5,8H,6-7,13H2,1H3. The summed E-state index contributed by atoms with van der Waals surface area (Å²) in [4.78, 5) is 8.84. The molecule has 1 aromatic carbocycles. The Kier molecular flexibility index (Phi) is 4.52. The Morgan fingerprint density at radius 3 is 2.89 bits per heavy atom. The van der Waals surface area contributed by atoms with Gasteiger partial charge in [0.1, 0.15) is 29.7 Å². The number of thiazole rings is 1. The maximum absolute atomic E-state index is 5.62. The summed E-state index contributed by atoms with van der Waals surface area (Å²) in [5, 5.41) is 2.78. The second-order valence-electron chi connectivity index (χ2n) is 3.51. The molecule has 2 rings (SSSR count). The lowest BCUT2D eigenvalue weighted by atomic mass is 10.3. The van der Waals surface area contributed by atoms with Crippen molar-refractivity contribution in [2.45, 2.75) is 13.2 Å². The minimum atomic E-state index is 0.315. The van der Waals surface area contributed by atoms with Crippen molar-refractivity contribution in [3.63, 3.8) is 0 Å². The van der Waals surface area contributed by atoms with Crippen LogP contribution in [0, 0.1) is 0 Å². The number of hydrogen-bond acceptors (Lipinski definition) is 6. The number of aromatic nitrogens is 1. The number of ether oxygens (including phenoxy) is 2. The Bertz CT molecular complexity index is 502. The van der Waals surface area contributed by atoms with Crippen LogP contribution < -0.4 is 15.4 Å². The molecule has 0 aliphatic rings. The first-order valence-electron chi connectivity index (χ1n) is 5.33. The van der Waals surface area contributed by atoms with Gasteiger partial charge >= 0.3 is 0 Å². The zero-order valence-electron chi connectivity index (χ0n) is 9.96. The summed E-state index contributed by atoms with van der Waals surface area (Å²) in [6.07, 6.45) is 0. The molecule has 1 aromatic heterocycles. The van der Waals surface area contributed by atoms with Crippen molar-refractivity contribution < 1.29 is 14.3 Å². The number of rotatable bonds is 6. The average molecular weight is 266 g/mol. The lowest BCUT2D eigenvalue weighted by Crippen LogP contribution is -2.00. The fourth-order valence-corrected chi connectivity index (χ4v) is 2.09. The van der Waals surface area contributed by atoms with E-state index in [-0.39, 0.29) is 0 Å². The molecule has 2 aromatic rings. The molecule has 2 N–H and O–H groups in total. The molecule has 0 unspecified atom stereocenters. The van der Waals surface area contributed by atoms with Gasteiger partial charge in [0.15, 0.2) is 0 Å². The highest BCUT2D eigenvalue weighted by atomic mass is 32.1. The van der Waals surface area contributed by atoms with Gasteiger partial charge in [0.25, 0.3) is 0 Å². The van der Waals surface area contributed by atoms with Gasteiger partial charge in [0.05, 0.1) is 12.8 Å². The molecule has 0 aliphatic heterocycles. The highest BCUT2D eigenvalue weighted by Gasteiger charge is 2.03. The third-order valence-corrected chi connectivity index (χ3v) is 3.11. The van der Waals surface area contributed by atoms with Crippen LogP contribution in [0.5, 0.6) is 11.5 Å². The predicted octanol–water partition coefficient (Wildman–Crippen LogP) is 2.12. The third kappa shape index (κ3) is 3.43. The summed E-state index contributed by atoms with van der Waals surface area (Å²) in [6, 6.07) is 7.45. The third-order valence-electron chi connectivity index (χ3n) is 2.23. The summed E-state index contributed by atoms with van der Waals surface area (Å²) in [5.41, 5.74) is 0.812. The first kappa shape index (κ1) is 12.8. The molecule has 0 bridgehead atoms. The molecule has 18 heavy (non-hydrogen) atoms. The summed E-state index contributed by atoms with van der Waals surface area (Å²) >= 11 is 1.52. The first-order valence-corrected chi connectivity index (χ1v) is 6.21. The summed E-state index contributed by atoms with van der Waals surface area (Å²) < 4.78 is 10.7. The number of nitrogens with zero attached hydrogens (tertiary/aromatic N) is 1. The summed E-state index contributed by atoms with van der Waals surface area (Å²) in [5.74, 6) is 6.50. The molecule has 0 amide bonds. The van der Waals surface area contributed by atoms with Crippen LogP contribution in [0.2, 0.25) is 0 Å². The quantitative estimate of drug-likeness (QED) is 0.811. The van der Waals surface area contributed by atoms with Gasteiger partial charge in [-0.3, -0.25) is 4.84 Å². The molecule has 0 saturated carbocycles. The van der Waals surface area contributed by atoms with Gasteiger partial charge in [0, 0.05) is 11.4 Å². The van der Waals surface area contributed by atoms with Gasteiger partial charge in [0.2, 0.25) is 0 Å². The lowest BCUT2D eigenvalue weighted by molar-refractivity contribution is 0.121. The predicted molar refractivity (Wildman–Crippen MR) is 68.4 cm³/mol. The highest BCUT2D eigenvalue weighted by molar-refractivity contribution is 7.09. The van der Waals surface area contributed by atoms with E-state index in [9.17, 15) is 0 Å². The molecule has 1 heterocycles. The van der Waals surface area contributed by atoms with Crippen molar-refractivity contribution in [1.82, 2.24) is 4.98 Å². The molecule has 0 spiro atoms. The maximum atomic E-state index is 5.62. The van der Waals surface area contributed by atoms with Crippen molar-refractivity contribution >= 4 is 11.3 Å². The van der Waals surface area contributed by atoms with E-state index >= 15 is 0 Å². The molecule has 0 aliphatic carbocycles. The largest absolute Gasteiger partial charge is 0.497 e. The topological polar surface area (TPSA) is 66.6 Å². The Balaban J connectivity index is 1.93. The second-order valence-corrected chi connectivity index (χ2v) is 4.45. The minimum Gasteiger partial charge on any atom is -0.497 e. The number of benzene rings is 1. The molecule has 5 nitrogen and oxygen atoms in total. The van der Waals surface area contributed by atoms with Crippen LogP contribution in [0.25, 0.3) is 0 Å². The normalized spacial score (nSPS) is 10.3. The van der Waals surface area contributed by atoms with E-state index in [0.29, 0.717) is 13.2 Å². The molecule has 0 fully saturated rings. The lowest BCUT2D eigenvalue weighted by Gasteiger charge is -2.05. The van der Waals surface area contributed by atoms with Crippen molar-refractivity contribution in [3.05, 3.63) is 40.3 Å². The highest BCUT2D eigenvalue weighted by Crippen LogP contribution is 2.20. The summed E-state index contributed by atoms with van der Waals surface area (Å²) in [6.45, 7) is 0.734. The monoisotopic (exact) mass is 266 g/mol. The van der Waals surface area contributed by atoms with Crippen LogP contribution in [0.3, 0.4) is 0 Å². The molecular weight excluding hydrogens is 252 g/mol. The Hall–Kier alpha value is -1.63. The summed E-state index contributed by atoms with van der Waals surface area (Å²) in [7, 11) is 1.62. The zero-order chi connectivity index (χ0) is 12.8. The molecular formula is C12H14N2O3S. The number of nitrogens with two attached hydrogens (primary N) is 1. The Morgan fingerprint density at radius 1 is 1.28 bits per heavy atom. The van der Waals surface area contributed by atoms with Crippen LogP contribution in [0.15, 0.2) is 29.6 Å². The van der Waals surface area contributed by atoms with Gasteiger partial charge in [-0.25, -0.2) is 10.9 Å². The van der Waals surface area contributed by atoms with Gasteiger partial charge in [-0.05, 0) is 12.1 Å². The zero-order valence-corrected chi connectivity index (χ0v) is 10.8. The van der Waals surface area contributed by atoms with Crippen molar-refractivity contribution in [2.75, 3.05) is 7.11 Å².